The minimum atomic E-state index is -4.66. The van der Waals surface area contributed by atoms with Crippen molar-refractivity contribution in [2.75, 3.05) is 36.4 Å². The summed E-state index contributed by atoms with van der Waals surface area (Å²) in [5.74, 6) is -0.748. The highest BCUT2D eigenvalue weighted by Gasteiger charge is 2.34. The van der Waals surface area contributed by atoms with Crippen molar-refractivity contribution < 1.29 is 22.4 Å². The van der Waals surface area contributed by atoms with Crippen molar-refractivity contribution in [2.24, 2.45) is 0 Å². The molecule has 4 aromatic carbocycles. The van der Waals surface area contributed by atoms with Crippen LogP contribution < -0.4 is 15.8 Å². The summed E-state index contributed by atoms with van der Waals surface area (Å²) in [6.07, 6.45) is -5.12. The molecule has 0 spiro atoms. The second-order valence-corrected chi connectivity index (χ2v) is 11.8. The average Bonchev–Trinajstić information content (AvgIpc) is 3.04. The third-order valence-corrected chi connectivity index (χ3v) is 8.50. The van der Waals surface area contributed by atoms with Gasteiger partial charge in [0.25, 0.3) is 0 Å². The molecule has 6 rings (SSSR count). The van der Waals surface area contributed by atoms with Gasteiger partial charge in [-0.3, -0.25) is 9.69 Å². The van der Waals surface area contributed by atoms with E-state index >= 15 is 0 Å². The number of benzene rings is 4. The van der Waals surface area contributed by atoms with Crippen molar-refractivity contribution >= 4 is 28.3 Å². The lowest BCUT2D eigenvalue weighted by Crippen LogP contribution is -2.46. The number of aryl methyl sites for hydroxylation is 2. The summed E-state index contributed by atoms with van der Waals surface area (Å²) >= 11 is 0. The lowest BCUT2D eigenvalue weighted by molar-refractivity contribution is -0.137. The number of carbonyl (C=O) groups is 1. The summed E-state index contributed by atoms with van der Waals surface area (Å²) in [4.78, 5) is 31.4. The van der Waals surface area contributed by atoms with Gasteiger partial charge in [0.15, 0.2) is 0 Å². The van der Waals surface area contributed by atoms with Crippen LogP contribution in [0, 0.1) is 13.8 Å². The first kappa shape index (κ1) is 31.1. The number of halogens is 3. The van der Waals surface area contributed by atoms with Crippen LogP contribution in [0.25, 0.3) is 22.1 Å². The number of anilines is 2. The summed E-state index contributed by atoms with van der Waals surface area (Å²) < 4.78 is 47.0. The van der Waals surface area contributed by atoms with Gasteiger partial charge in [-0.1, -0.05) is 60.2 Å². The number of hydrogen-bond acceptors (Lipinski definition) is 5. The Hall–Kier alpha value is -4.89. The molecule has 1 amide bonds. The van der Waals surface area contributed by atoms with Crippen molar-refractivity contribution in [3.63, 3.8) is 0 Å². The number of alkyl halides is 3. The van der Waals surface area contributed by atoms with Gasteiger partial charge in [0.1, 0.15) is 5.58 Å². The number of nitrogens with zero attached hydrogens (tertiary/aromatic N) is 2. The maximum Gasteiger partial charge on any atom is 0.418 e. The molecule has 1 N–H and O–H groups in total. The van der Waals surface area contributed by atoms with E-state index in [0.717, 1.165) is 43.4 Å². The maximum atomic E-state index is 13.7. The summed E-state index contributed by atoms with van der Waals surface area (Å²) in [7, 11) is 0. The first-order chi connectivity index (χ1) is 22.1. The van der Waals surface area contributed by atoms with E-state index in [2.05, 4.69) is 27.2 Å². The Labute approximate surface area is 265 Å². The molecule has 0 bridgehead atoms. The Balaban J connectivity index is 1.33. The zero-order valence-electron chi connectivity index (χ0n) is 25.7. The highest BCUT2D eigenvalue weighted by atomic mass is 19.4. The molecule has 1 aliphatic rings. The molecule has 0 unspecified atom stereocenters. The Kier molecular flexibility index (Phi) is 8.69. The van der Waals surface area contributed by atoms with Crippen LogP contribution in [-0.2, 0) is 23.9 Å². The predicted molar refractivity (Wildman–Crippen MR) is 175 cm³/mol. The molecule has 236 valence electrons. The highest BCUT2D eigenvalue weighted by molar-refractivity contribution is 5.99. The second kappa shape index (κ2) is 12.8. The first-order valence-electron chi connectivity index (χ1n) is 15.2. The van der Waals surface area contributed by atoms with Crippen LogP contribution in [0.5, 0.6) is 0 Å². The van der Waals surface area contributed by atoms with Crippen LogP contribution in [0.2, 0.25) is 0 Å². The van der Waals surface area contributed by atoms with Crippen LogP contribution in [0.4, 0.5) is 24.5 Å². The molecule has 0 aliphatic carbocycles. The fraction of sp³-hybridized carbons (Fsp3) is 0.243. The molecule has 0 radical (unpaired) electrons. The molecule has 5 aromatic rings. The SMILES string of the molecule is Cc1ccc(NC(=O)Cc2c(-c3ccccc3)c3cc(CN4CCN(c5ccccc5)CC4)c(C)cc3oc2=O)c(C(F)(F)F)c1. The number of hydrogen-bond donors (Lipinski definition) is 1. The standard InChI is InChI=1S/C37H34F3N3O3/c1-24-13-14-32(31(19-24)37(38,39)40)41-34(44)22-30-35(26-9-5-3-6-10-26)29-21-27(25(2)20-33(29)46-36(30)45)23-42-15-17-43(18-16-42)28-11-7-4-8-12-28/h3-14,19-21H,15-18,22-23H2,1-2H3,(H,41,44). The van der Waals surface area contributed by atoms with Gasteiger partial charge in [0.2, 0.25) is 5.91 Å². The van der Waals surface area contributed by atoms with Crippen LogP contribution in [0.3, 0.4) is 0 Å². The molecule has 46 heavy (non-hydrogen) atoms. The molecule has 0 atom stereocenters. The number of carbonyl (C=O) groups excluding carboxylic acids is 1. The lowest BCUT2D eigenvalue weighted by Gasteiger charge is -2.36. The molecule has 1 aromatic heterocycles. The van der Waals surface area contributed by atoms with Crippen molar-refractivity contribution in [3.8, 4) is 11.1 Å². The van der Waals surface area contributed by atoms with E-state index in [-0.39, 0.29) is 11.3 Å². The molecule has 1 saturated heterocycles. The van der Waals surface area contributed by atoms with E-state index < -0.39 is 29.7 Å². The Morgan fingerprint density at radius 3 is 2.22 bits per heavy atom. The molecular formula is C37H34F3N3O3. The van der Waals surface area contributed by atoms with Crippen molar-refractivity contribution in [2.45, 2.75) is 33.0 Å². The van der Waals surface area contributed by atoms with E-state index in [1.165, 1.54) is 17.8 Å². The number of nitrogens with one attached hydrogen (secondary N) is 1. The van der Waals surface area contributed by atoms with Gasteiger partial charge >= 0.3 is 11.8 Å². The van der Waals surface area contributed by atoms with Crippen LogP contribution in [0.1, 0.15) is 27.8 Å². The normalized spacial score (nSPS) is 14.1. The van der Waals surface area contributed by atoms with E-state index in [1.54, 1.807) is 6.92 Å². The minimum absolute atomic E-state index is 0.0862. The molecular weight excluding hydrogens is 591 g/mol. The smallest absolute Gasteiger partial charge is 0.418 e. The zero-order valence-corrected chi connectivity index (χ0v) is 25.7. The van der Waals surface area contributed by atoms with Crippen molar-refractivity contribution in [3.05, 3.63) is 129 Å². The Morgan fingerprint density at radius 2 is 1.54 bits per heavy atom. The average molecular weight is 626 g/mol. The number of para-hydroxylation sites is 1. The van der Waals surface area contributed by atoms with Crippen molar-refractivity contribution in [1.82, 2.24) is 4.90 Å². The monoisotopic (exact) mass is 625 g/mol. The molecule has 9 heteroatoms. The Bertz CT molecular complexity index is 1930. The highest BCUT2D eigenvalue weighted by Crippen LogP contribution is 2.36. The number of amides is 1. The van der Waals surface area contributed by atoms with Crippen LogP contribution in [-0.4, -0.2) is 37.0 Å². The third kappa shape index (κ3) is 6.70. The largest absolute Gasteiger partial charge is 0.422 e. The van der Waals surface area contributed by atoms with E-state index in [1.807, 2.05) is 67.6 Å². The van der Waals surface area contributed by atoms with Crippen molar-refractivity contribution in [1.29, 1.82) is 0 Å². The van der Waals surface area contributed by atoms with Crippen LogP contribution >= 0.6 is 0 Å². The van der Waals surface area contributed by atoms with Gasteiger partial charge in [0.05, 0.1) is 23.2 Å². The number of piperazine rings is 1. The molecule has 6 nitrogen and oxygen atoms in total. The van der Waals surface area contributed by atoms with E-state index in [9.17, 15) is 22.8 Å². The van der Waals surface area contributed by atoms with Gasteiger partial charge in [-0.25, -0.2) is 4.79 Å². The summed E-state index contributed by atoms with van der Waals surface area (Å²) in [5, 5.41) is 3.06. The summed E-state index contributed by atoms with van der Waals surface area (Å²) in [6.45, 7) is 7.79. The first-order valence-corrected chi connectivity index (χ1v) is 15.2. The summed E-state index contributed by atoms with van der Waals surface area (Å²) in [5.41, 5.74) is 3.38. The van der Waals surface area contributed by atoms with E-state index in [0.29, 0.717) is 34.2 Å². The summed E-state index contributed by atoms with van der Waals surface area (Å²) in [6, 6.07) is 27.1. The minimum Gasteiger partial charge on any atom is -0.422 e. The molecule has 0 saturated carbocycles. The number of fused-ring (bicyclic) bond motifs is 1. The molecule has 1 fully saturated rings. The zero-order chi connectivity index (χ0) is 32.4. The van der Waals surface area contributed by atoms with Gasteiger partial charge in [-0.15, -0.1) is 0 Å². The Morgan fingerprint density at radius 1 is 0.870 bits per heavy atom. The van der Waals surface area contributed by atoms with Gasteiger partial charge < -0.3 is 14.6 Å². The fourth-order valence-corrected chi connectivity index (χ4v) is 6.10. The third-order valence-electron chi connectivity index (χ3n) is 8.50. The fourth-order valence-electron chi connectivity index (χ4n) is 6.10. The molecule has 1 aliphatic heterocycles. The second-order valence-electron chi connectivity index (χ2n) is 11.8. The lowest BCUT2D eigenvalue weighted by atomic mass is 9.93. The van der Waals surface area contributed by atoms with E-state index in [4.69, 9.17) is 4.42 Å². The van der Waals surface area contributed by atoms with Gasteiger partial charge in [-0.2, -0.15) is 13.2 Å². The van der Waals surface area contributed by atoms with Gasteiger partial charge in [-0.05, 0) is 66.9 Å². The number of rotatable bonds is 7. The van der Waals surface area contributed by atoms with Gasteiger partial charge in [0, 0.05) is 49.4 Å². The predicted octanol–water partition coefficient (Wildman–Crippen LogP) is 7.60. The van der Waals surface area contributed by atoms with Crippen LogP contribution in [0.15, 0.2) is 100 Å². The quantitative estimate of drug-likeness (QED) is 0.189. The molecule has 2 heterocycles. The topological polar surface area (TPSA) is 65.8 Å². The maximum absolute atomic E-state index is 13.7.